The summed E-state index contributed by atoms with van der Waals surface area (Å²) in [5, 5.41) is 2.68. The van der Waals surface area contributed by atoms with E-state index < -0.39 is 0 Å². The summed E-state index contributed by atoms with van der Waals surface area (Å²) in [6.07, 6.45) is 5.53. The molecular formula is C18H20N4O3. The van der Waals surface area contributed by atoms with Gasteiger partial charge < -0.3 is 19.2 Å². The first-order valence-electron chi connectivity index (χ1n) is 7.92. The van der Waals surface area contributed by atoms with Gasteiger partial charge in [0, 0.05) is 37.6 Å². The lowest BCUT2D eigenvalue weighted by Crippen LogP contribution is -2.06. The van der Waals surface area contributed by atoms with Gasteiger partial charge in [-0.05, 0) is 25.1 Å². The zero-order valence-electron chi connectivity index (χ0n) is 14.4. The van der Waals surface area contributed by atoms with Crippen molar-refractivity contribution < 1.29 is 14.3 Å². The Balaban J connectivity index is 1.90. The number of amides is 1. The normalized spacial score (nSPS) is 10.8. The fraction of sp³-hybridized carbons (Fsp3) is 0.278. The fourth-order valence-electron chi connectivity index (χ4n) is 2.46. The van der Waals surface area contributed by atoms with Crippen LogP contribution >= 0.6 is 0 Å². The number of anilines is 1. The number of aromatic nitrogens is 3. The van der Waals surface area contributed by atoms with Crippen LogP contribution in [0, 0.1) is 6.92 Å². The van der Waals surface area contributed by atoms with Gasteiger partial charge in [-0.3, -0.25) is 9.78 Å². The number of pyridine rings is 2. The van der Waals surface area contributed by atoms with Crippen LogP contribution in [-0.2, 0) is 9.53 Å². The molecule has 0 atom stereocenters. The van der Waals surface area contributed by atoms with E-state index in [1.54, 1.807) is 13.3 Å². The second-order valence-corrected chi connectivity index (χ2v) is 5.64. The fourth-order valence-corrected chi connectivity index (χ4v) is 2.46. The summed E-state index contributed by atoms with van der Waals surface area (Å²) in [5.41, 5.74) is 3.50. The van der Waals surface area contributed by atoms with Crippen molar-refractivity contribution in [2.45, 2.75) is 13.8 Å². The van der Waals surface area contributed by atoms with Crippen LogP contribution in [0.4, 0.5) is 5.82 Å². The number of carbonyl (C=O) groups is 1. The van der Waals surface area contributed by atoms with Crippen LogP contribution in [0.2, 0.25) is 0 Å². The van der Waals surface area contributed by atoms with Gasteiger partial charge in [-0.15, -0.1) is 0 Å². The molecule has 1 N–H and O–H groups in total. The molecule has 1 amide bonds. The van der Waals surface area contributed by atoms with E-state index in [1.807, 2.05) is 41.9 Å². The molecule has 130 valence electrons. The maximum atomic E-state index is 11.2. The second-order valence-electron chi connectivity index (χ2n) is 5.64. The molecule has 0 aliphatic rings. The van der Waals surface area contributed by atoms with Gasteiger partial charge in [-0.25, -0.2) is 4.98 Å². The maximum absolute atomic E-state index is 11.2. The lowest BCUT2D eigenvalue weighted by Gasteiger charge is -2.10. The van der Waals surface area contributed by atoms with E-state index in [2.05, 4.69) is 15.3 Å². The highest BCUT2D eigenvalue weighted by Gasteiger charge is 2.08. The Labute approximate surface area is 145 Å². The van der Waals surface area contributed by atoms with E-state index in [-0.39, 0.29) is 5.91 Å². The molecular weight excluding hydrogens is 320 g/mol. The van der Waals surface area contributed by atoms with Crippen LogP contribution in [0.1, 0.15) is 12.6 Å². The van der Waals surface area contributed by atoms with E-state index in [0.29, 0.717) is 19.0 Å². The number of nitrogens with zero attached hydrogens (tertiary/aromatic N) is 3. The zero-order valence-corrected chi connectivity index (χ0v) is 14.4. The number of hydrogen-bond acceptors (Lipinski definition) is 5. The van der Waals surface area contributed by atoms with Crippen LogP contribution in [0.3, 0.4) is 0 Å². The van der Waals surface area contributed by atoms with Gasteiger partial charge in [0.25, 0.3) is 0 Å². The largest absolute Gasteiger partial charge is 0.489 e. The highest BCUT2D eigenvalue weighted by molar-refractivity contribution is 5.87. The third-order valence-electron chi connectivity index (χ3n) is 3.67. The summed E-state index contributed by atoms with van der Waals surface area (Å²) in [6.45, 7) is 4.36. The van der Waals surface area contributed by atoms with E-state index >= 15 is 0 Å². The molecule has 0 spiro atoms. The van der Waals surface area contributed by atoms with Crippen LogP contribution < -0.4 is 10.1 Å². The summed E-state index contributed by atoms with van der Waals surface area (Å²) in [5.74, 6) is 1.11. The zero-order chi connectivity index (χ0) is 17.8. The third kappa shape index (κ3) is 3.95. The Morgan fingerprint density at radius 2 is 2.08 bits per heavy atom. The van der Waals surface area contributed by atoms with Gasteiger partial charge in [0.05, 0.1) is 18.5 Å². The van der Waals surface area contributed by atoms with E-state index in [4.69, 9.17) is 9.47 Å². The number of methoxy groups -OCH3 is 1. The molecule has 3 aromatic rings. The number of carbonyl (C=O) groups excluding carboxylic acids is 1. The summed E-state index contributed by atoms with van der Waals surface area (Å²) >= 11 is 0. The average molecular weight is 340 g/mol. The van der Waals surface area contributed by atoms with Crippen LogP contribution in [0.15, 0.2) is 36.8 Å². The molecule has 0 aliphatic carbocycles. The summed E-state index contributed by atoms with van der Waals surface area (Å²) in [7, 11) is 1.64. The first-order chi connectivity index (χ1) is 12.1. The van der Waals surface area contributed by atoms with E-state index in [9.17, 15) is 4.79 Å². The Morgan fingerprint density at radius 1 is 1.24 bits per heavy atom. The van der Waals surface area contributed by atoms with Crippen LogP contribution in [0.25, 0.3) is 16.8 Å². The molecule has 0 bridgehead atoms. The molecule has 0 radical (unpaired) electrons. The second kappa shape index (κ2) is 7.31. The van der Waals surface area contributed by atoms with Crippen molar-refractivity contribution in [3.63, 3.8) is 0 Å². The van der Waals surface area contributed by atoms with E-state index in [0.717, 1.165) is 28.2 Å². The smallest absolute Gasteiger partial charge is 0.222 e. The molecule has 0 saturated heterocycles. The highest BCUT2D eigenvalue weighted by Crippen LogP contribution is 2.26. The lowest BCUT2D eigenvalue weighted by atomic mass is 10.1. The molecule has 3 rings (SSSR count). The van der Waals surface area contributed by atoms with Gasteiger partial charge in [-0.2, -0.15) is 0 Å². The standard InChI is InChI=1S/C18H20N4O3/c1-12-16(25-7-6-24-3)8-15(9-19-12)14-4-5-18-21-17(20-13(2)23)11-22(18)10-14/h4-5,8-11H,6-7H2,1-3H3,(H,20,23). The SMILES string of the molecule is COCCOc1cc(-c2ccc3nc(NC(C)=O)cn3c2)cnc1C. The molecule has 0 fully saturated rings. The van der Waals surface area contributed by atoms with Gasteiger partial charge in [-0.1, -0.05) is 0 Å². The number of imidazole rings is 1. The van der Waals surface area contributed by atoms with E-state index in [1.165, 1.54) is 6.92 Å². The van der Waals surface area contributed by atoms with Gasteiger partial charge >= 0.3 is 0 Å². The number of fused-ring (bicyclic) bond motifs is 1. The quantitative estimate of drug-likeness (QED) is 0.698. The molecule has 0 unspecified atom stereocenters. The molecule has 25 heavy (non-hydrogen) atoms. The lowest BCUT2D eigenvalue weighted by molar-refractivity contribution is -0.114. The first kappa shape index (κ1) is 16.9. The Hall–Kier alpha value is -2.93. The summed E-state index contributed by atoms with van der Waals surface area (Å²) < 4.78 is 12.6. The number of ether oxygens (including phenoxy) is 2. The number of rotatable bonds is 6. The minimum Gasteiger partial charge on any atom is -0.489 e. The van der Waals surface area contributed by atoms with Crippen LogP contribution in [0.5, 0.6) is 5.75 Å². The Kier molecular flexibility index (Phi) is 4.95. The minimum absolute atomic E-state index is 0.149. The Bertz CT molecular complexity index is 904. The molecule has 3 aromatic heterocycles. The molecule has 7 nitrogen and oxygen atoms in total. The number of nitrogens with one attached hydrogen (secondary N) is 1. The van der Waals surface area contributed by atoms with Crippen molar-refractivity contribution in [2.24, 2.45) is 0 Å². The van der Waals surface area contributed by atoms with Gasteiger partial charge in [0.2, 0.25) is 5.91 Å². The minimum atomic E-state index is -0.149. The van der Waals surface area contributed by atoms with Crippen molar-refractivity contribution in [3.05, 3.63) is 42.5 Å². The van der Waals surface area contributed by atoms with Crippen molar-refractivity contribution in [1.82, 2.24) is 14.4 Å². The number of hydrogen-bond donors (Lipinski definition) is 1. The van der Waals surface area contributed by atoms with Crippen molar-refractivity contribution in [1.29, 1.82) is 0 Å². The molecule has 0 saturated carbocycles. The topological polar surface area (TPSA) is 77.8 Å². The molecule has 7 heteroatoms. The summed E-state index contributed by atoms with van der Waals surface area (Å²) in [4.78, 5) is 19.9. The first-order valence-corrected chi connectivity index (χ1v) is 7.92. The summed E-state index contributed by atoms with van der Waals surface area (Å²) in [6, 6.07) is 5.82. The third-order valence-corrected chi connectivity index (χ3v) is 3.67. The van der Waals surface area contributed by atoms with Crippen LogP contribution in [-0.4, -0.2) is 40.6 Å². The molecule has 3 heterocycles. The predicted octanol–water partition coefficient (Wildman–Crippen LogP) is 2.69. The van der Waals surface area contributed by atoms with Crippen molar-refractivity contribution >= 4 is 17.4 Å². The molecule has 0 aliphatic heterocycles. The maximum Gasteiger partial charge on any atom is 0.222 e. The monoisotopic (exact) mass is 340 g/mol. The number of aryl methyl sites for hydroxylation is 1. The van der Waals surface area contributed by atoms with Gasteiger partial charge in [0.15, 0.2) is 5.82 Å². The Morgan fingerprint density at radius 3 is 2.84 bits per heavy atom. The van der Waals surface area contributed by atoms with Crippen molar-refractivity contribution in [3.8, 4) is 16.9 Å². The van der Waals surface area contributed by atoms with Crippen molar-refractivity contribution in [2.75, 3.05) is 25.6 Å². The average Bonchev–Trinajstić information content (AvgIpc) is 2.97. The highest BCUT2D eigenvalue weighted by atomic mass is 16.5. The predicted molar refractivity (Wildman–Crippen MR) is 94.8 cm³/mol. The molecule has 0 aromatic carbocycles. The van der Waals surface area contributed by atoms with Gasteiger partial charge in [0.1, 0.15) is 18.0 Å².